The molecule has 4 nitrogen and oxygen atoms in total. The second-order valence-corrected chi connectivity index (χ2v) is 25.9. The Bertz CT molecular complexity index is 4660. The molecule has 1 aromatic heterocycles. The quantitative estimate of drug-likeness (QED) is 0.131. The van der Waals surface area contributed by atoms with E-state index in [1.54, 1.807) is 0 Å². The van der Waals surface area contributed by atoms with Crippen molar-refractivity contribution in [3.8, 4) is 39.1 Å². The van der Waals surface area contributed by atoms with Crippen LogP contribution in [0.3, 0.4) is 0 Å². The lowest BCUT2D eigenvalue weighted by molar-refractivity contribution is 0.478. The van der Waals surface area contributed by atoms with E-state index in [1.807, 2.05) is 6.07 Å². The first-order chi connectivity index (χ1) is 40.3. The first-order valence-corrected chi connectivity index (χ1v) is 29.9. The summed E-state index contributed by atoms with van der Waals surface area (Å²) in [6.07, 6.45) is 0. The second-order valence-electron chi connectivity index (χ2n) is 25.9. The Hall–Kier alpha value is -9.12. The summed E-state index contributed by atoms with van der Waals surface area (Å²) in [5.41, 5.74) is 21.1. The molecule has 0 unspecified atom stereocenters. The van der Waals surface area contributed by atoms with Crippen molar-refractivity contribution in [1.29, 1.82) is 0 Å². The van der Waals surface area contributed by atoms with E-state index in [4.69, 9.17) is 4.42 Å². The zero-order chi connectivity index (χ0) is 58.5. The first kappa shape index (κ1) is 54.1. The topological polar surface area (TPSA) is 39.9 Å². The number of anilines is 6. The molecule has 84 heavy (non-hydrogen) atoms. The molecule has 12 aromatic carbocycles. The molecule has 0 fully saturated rings. The minimum Gasteiger partial charge on any atom is -0.505 e. The minimum atomic E-state index is -0.0557. The first-order valence-electron chi connectivity index (χ1n) is 29.9. The molecule has 0 aliphatic heterocycles. The summed E-state index contributed by atoms with van der Waals surface area (Å²) in [5.74, 6) is 0.571. The number of benzene rings is 12. The lowest BCUT2D eigenvalue weighted by atomic mass is 9.83. The number of hydrogen-bond acceptors (Lipinski definition) is 4. The van der Waals surface area contributed by atoms with Crippen molar-refractivity contribution < 1.29 is 9.52 Å². The molecule has 0 radical (unpaired) electrons. The molecule has 0 saturated heterocycles. The third-order valence-corrected chi connectivity index (χ3v) is 17.7. The van der Waals surface area contributed by atoms with Gasteiger partial charge in [-0.05, 0) is 168 Å². The van der Waals surface area contributed by atoms with Gasteiger partial charge in [-0.1, -0.05) is 227 Å². The van der Waals surface area contributed by atoms with Crippen LogP contribution in [0, 0.1) is 13.8 Å². The van der Waals surface area contributed by atoms with Gasteiger partial charge >= 0.3 is 0 Å². The number of aromatic hydroxyl groups is 1. The van der Waals surface area contributed by atoms with Crippen molar-refractivity contribution in [1.82, 2.24) is 0 Å². The Morgan fingerprint density at radius 3 is 1.30 bits per heavy atom. The number of para-hydroxylation sites is 3. The summed E-state index contributed by atoms with van der Waals surface area (Å²) in [4.78, 5) is 4.78. The molecule has 0 aliphatic rings. The van der Waals surface area contributed by atoms with E-state index in [0.717, 1.165) is 83.4 Å². The Morgan fingerprint density at radius 2 is 0.774 bits per heavy atom. The number of rotatable bonds is 11. The molecule has 1 N–H and O–H groups in total. The number of phenolic OH excluding ortho intramolecular Hbond substituents is 1. The lowest BCUT2D eigenvalue weighted by Gasteiger charge is -2.32. The average molecular weight is 1100 g/mol. The van der Waals surface area contributed by atoms with Crippen LogP contribution in [0.5, 0.6) is 5.75 Å². The van der Waals surface area contributed by atoms with Gasteiger partial charge in [-0.15, -0.1) is 0 Å². The van der Waals surface area contributed by atoms with Crippen molar-refractivity contribution in [3.05, 3.63) is 246 Å². The molecule has 0 aliphatic carbocycles. The van der Waals surface area contributed by atoms with E-state index in [9.17, 15) is 5.11 Å². The van der Waals surface area contributed by atoms with Gasteiger partial charge in [-0.2, -0.15) is 0 Å². The van der Waals surface area contributed by atoms with Gasteiger partial charge in [0, 0.05) is 44.0 Å². The van der Waals surface area contributed by atoms with Crippen molar-refractivity contribution in [2.24, 2.45) is 0 Å². The molecule has 0 amide bonds. The third kappa shape index (κ3) is 9.15. The van der Waals surface area contributed by atoms with Crippen LogP contribution in [0.15, 0.2) is 217 Å². The molecule has 1 heterocycles. The van der Waals surface area contributed by atoms with E-state index >= 15 is 0 Å². The molecular weight excluding hydrogens is 1020 g/mol. The highest BCUT2D eigenvalue weighted by molar-refractivity contribution is 6.30. The summed E-state index contributed by atoms with van der Waals surface area (Å²) in [7, 11) is 0. The largest absolute Gasteiger partial charge is 0.505 e. The lowest BCUT2D eigenvalue weighted by Crippen LogP contribution is -2.15. The minimum absolute atomic E-state index is 0.0367. The van der Waals surface area contributed by atoms with Crippen LogP contribution in [-0.4, -0.2) is 5.11 Å². The molecule has 0 atom stereocenters. The van der Waals surface area contributed by atoms with Crippen LogP contribution in [0.4, 0.5) is 34.1 Å². The van der Waals surface area contributed by atoms with E-state index in [-0.39, 0.29) is 28.4 Å². The SMILES string of the molecule is Cc1ccccc1-c1cccc(-c2cccc(N(c3ccc(C(C)(C)C)cc3)c3cc(C(C)C)c4ccc5c(N(c6ccc(C(C)(C)C)cc6)c6cccc7c6oc6c(-c8ccccc8C)cccc67)cc(C(C)C)c6ccc3c4c65)c2O)c1. The van der Waals surface area contributed by atoms with E-state index in [0.29, 0.717) is 5.69 Å². The highest BCUT2D eigenvalue weighted by Crippen LogP contribution is 2.54. The summed E-state index contributed by atoms with van der Waals surface area (Å²) in [6, 6.07) is 77.6. The number of hydrogen-bond donors (Lipinski definition) is 1. The highest BCUT2D eigenvalue weighted by Gasteiger charge is 2.30. The molecule has 0 spiro atoms. The fourth-order valence-corrected chi connectivity index (χ4v) is 13.1. The fourth-order valence-electron chi connectivity index (χ4n) is 13.1. The van der Waals surface area contributed by atoms with Crippen LogP contribution in [0.25, 0.3) is 87.6 Å². The number of nitrogens with zero attached hydrogens (tertiary/aromatic N) is 2. The second kappa shape index (κ2) is 20.6. The number of phenols is 1. The molecule has 0 bridgehead atoms. The molecular formula is C80H74N2O2. The Kier molecular flexibility index (Phi) is 13.3. The van der Waals surface area contributed by atoms with E-state index in [2.05, 4.69) is 299 Å². The summed E-state index contributed by atoms with van der Waals surface area (Å²) in [5, 5.41) is 22.4. The molecule has 416 valence electrons. The number of aryl methyl sites for hydroxylation is 2. The smallest absolute Gasteiger partial charge is 0.159 e. The molecule has 4 heteroatoms. The predicted molar refractivity (Wildman–Crippen MR) is 360 cm³/mol. The van der Waals surface area contributed by atoms with Gasteiger partial charge < -0.3 is 19.3 Å². The van der Waals surface area contributed by atoms with Crippen molar-refractivity contribution in [2.75, 3.05) is 9.80 Å². The van der Waals surface area contributed by atoms with Crippen LogP contribution in [0.2, 0.25) is 0 Å². The summed E-state index contributed by atoms with van der Waals surface area (Å²) < 4.78 is 7.33. The average Bonchev–Trinajstić information content (AvgIpc) is 0.853. The Balaban J connectivity index is 1.10. The third-order valence-electron chi connectivity index (χ3n) is 17.7. The summed E-state index contributed by atoms with van der Waals surface area (Å²) >= 11 is 0. The molecule has 13 aromatic rings. The number of furan rings is 1. The highest BCUT2D eigenvalue weighted by atomic mass is 16.3. The maximum absolute atomic E-state index is 13.1. The van der Waals surface area contributed by atoms with Gasteiger partial charge in [0.1, 0.15) is 11.3 Å². The van der Waals surface area contributed by atoms with Gasteiger partial charge in [0.2, 0.25) is 0 Å². The van der Waals surface area contributed by atoms with E-state index in [1.165, 1.54) is 66.1 Å². The Morgan fingerprint density at radius 1 is 0.357 bits per heavy atom. The molecule has 0 saturated carbocycles. The van der Waals surface area contributed by atoms with Crippen LogP contribution < -0.4 is 9.80 Å². The normalized spacial score (nSPS) is 12.3. The van der Waals surface area contributed by atoms with Gasteiger partial charge in [0.15, 0.2) is 5.58 Å². The maximum atomic E-state index is 13.1. The molecule has 13 rings (SSSR count). The van der Waals surface area contributed by atoms with Gasteiger partial charge in [0.05, 0.1) is 22.7 Å². The Labute approximate surface area is 495 Å². The van der Waals surface area contributed by atoms with Gasteiger partial charge in [-0.25, -0.2) is 0 Å². The van der Waals surface area contributed by atoms with Gasteiger partial charge in [-0.3, -0.25) is 0 Å². The van der Waals surface area contributed by atoms with Crippen LogP contribution in [-0.2, 0) is 10.8 Å². The summed E-state index contributed by atoms with van der Waals surface area (Å²) in [6.45, 7) is 27.2. The van der Waals surface area contributed by atoms with Crippen molar-refractivity contribution in [2.45, 2.75) is 106 Å². The maximum Gasteiger partial charge on any atom is 0.159 e. The van der Waals surface area contributed by atoms with Crippen LogP contribution in [0.1, 0.15) is 114 Å². The van der Waals surface area contributed by atoms with Gasteiger partial charge in [0.25, 0.3) is 0 Å². The predicted octanol–water partition coefficient (Wildman–Crippen LogP) is 23.6. The van der Waals surface area contributed by atoms with E-state index < -0.39 is 0 Å². The number of fused-ring (bicyclic) bond motifs is 3. The zero-order valence-electron chi connectivity index (χ0n) is 50.6. The zero-order valence-corrected chi connectivity index (χ0v) is 50.6. The van der Waals surface area contributed by atoms with Crippen LogP contribution >= 0.6 is 0 Å². The van der Waals surface area contributed by atoms with Crippen molar-refractivity contribution in [3.63, 3.8) is 0 Å². The monoisotopic (exact) mass is 1090 g/mol. The standard InChI is InChI=1S/C80H74N2O2/c1-48(2)68-46-72(81(56-37-33-54(34-38-56)79(7,8)9)70-31-19-27-60(76(70)83)53-24-17-23-52(45-53)58-25-15-13-21-50(58)5)66-43-41-62-69(49(3)4)47-73(67-44-42-61(68)74(66)75(62)67)82(57-39-35-55(36-40-57)80(10,11)12)71-32-20-30-65-64-29-18-28-63(77(64)84-78(65)71)59-26-16-14-22-51(59)6/h13-49,83H,1-12H3. The fraction of sp³-hybridized carbons (Fsp3) is 0.200. The van der Waals surface area contributed by atoms with Crippen molar-refractivity contribution >= 4 is 88.4 Å².